The lowest BCUT2D eigenvalue weighted by molar-refractivity contribution is -0.140. The maximum Gasteiger partial charge on any atom is 0.349 e. The smallest absolute Gasteiger partial charge is 0.349 e. The maximum absolute atomic E-state index is 14.4. The number of carbonyl (C=O) groups excluding carboxylic acids is 2. The van der Waals surface area contributed by atoms with Gasteiger partial charge in [-0.15, -0.1) is 0 Å². The van der Waals surface area contributed by atoms with Crippen molar-refractivity contribution in [3.8, 4) is 12.1 Å². The van der Waals surface area contributed by atoms with Crippen LogP contribution in [0.5, 0.6) is 0 Å². The van der Waals surface area contributed by atoms with Crippen LogP contribution in [-0.2, 0) is 19.1 Å². The highest BCUT2D eigenvalue weighted by atomic mass is 19.3. The predicted molar refractivity (Wildman–Crippen MR) is 179 cm³/mol. The lowest BCUT2D eigenvalue weighted by Crippen LogP contribution is -2.32. The minimum absolute atomic E-state index is 0.0181. The highest BCUT2D eigenvalue weighted by Gasteiger charge is 2.41. The van der Waals surface area contributed by atoms with Crippen LogP contribution in [0, 0.1) is 33.5 Å². The average Bonchev–Trinajstić information content (AvgIpc) is 3.77. The fourth-order valence-electron chi connectivity index (χ4n) is 7.72. The molecule has 50 heavy (non-hydrogen) atoms. The summed E-state index contributed by atoms with van der Waals surface area (Å²) in [7, 11) is 0. The normalized spacial score (nSPS) is 22.6. The van der Waals surface area contributed by atoms with Gasteiger partial charge >= 0.3 is 11.9 Å². The zero-order chi connectivity index (χ0) is 36.6. The Hall–Kier alpha value is -3.80. The summed E-state index contributed by atoms with van der Waals surface area (Å²) in [6.45, 7) is 10.4. The number of alkyl halides is 4. The summed E-state index contributed by atoms with van der Waals surface area (Å²) < 4.78 is 68.5. The Kier molecular flexibility index (Phi) is 13.2. The molecular formula is C38H50F4N4O4. The molecule has 4 rings (SSSR count). The SMILES string of the molecule is CC1(C)CC(N2CCCC2)=C(C(F)F)/C(=C(\C#N)C(=O)OCCCCCCOC(=O)/C(C#N)=C2\CC(C)(C)CC(N3CCCC3)=C2C(F)F)C1. The van der Waals surface area contributed by atoms with Gasteiger partial charge in [0, 0.05) is 48.7 Å². The third kappa shape index (κ3) is 9.50. The van der Waals surface area contributed by atoms with E-state index in [1.165, 1.54) is 0 Å². The summed E-state index contributed by atoms with van der Waals surface area (Å²) in [5.41, 5.74) is -0.836. The number of hydrogen-bond donors (Lipinski definition) is 0. The number of allylic oxidation sites excluding steroid dienone is 6. The number of carbonyl (C=O) groups is 2. The molecule has 274 valence electrons. The maximum atomic E-state index is 14.4. The molecule has 0 aromatic carbocycles. The molecule has 2 fully saturated rings. The van der Waals surface area contributed by atoms with Crippen molar-refractivity contribution in [1.29, 1.82) is 10.5 Å². The van der Waals surface area contributed by atoms with Gasteiger partial charge in [0.2, 0.25) is 0 Å². The van der Waals surface area contributed by atoms with E-state index in [-0.39, 0.29) is 59.5 Å². The number of rotatable bonds is 13. The molecule has 0 radical (unpaired) electrons. The second kappa shape index (κ2) is 16.9. The summed E-state index contributed by atoms with van der Waals surface area (Å²) in [5, 5.41) is 19.8. The molecule has 0 atom stereocenters. The van der Waals surface area contributed by atoms with Crippen molar-refractivity contribution < 1.29 is 36.6 Å². The first-order chi connectivity index (χ1) is 23.7. The number of hydrogen-bond acceptors (Lipinski definition) is 8. The van der Waals surface area contributed by atoms with Gasteiger partial charge in [-0.3, -0.25) is 0 Å². The van der Waals surface area contributed by atoms with E-state index >= 15 is 0 Å². The minimum atomic E-state index is -2.83. The number of nitrogens with zero attached hydrogens (tertiary/aromatic N) is 4. The number of ether oxygens (including phenoxy) is 2. The van der Waals surface area contributed by atoms with E-state index in [0.29, 0.717) is 76.1 Å². The molecule has 2 aliphatic heterocycles. The van der Waals surface area contributed by atoms with E-state index in [1.807, 2.05) is 49.6 Å². The minimum Gasteiger partial charge on any atom is -0.462 e. The molecule has 4 aliphatic rings. The van der Waals surface area contributed by atoms with E-state index in [2.05, 4.69) is 0 Å². The fourth-order valence-corrected chi connectivity index (χ4v) is 7.72. The predicted octanol–water partition coefficient (Wildman–Crippen LogP) is 8.14. The van der Waals surface area contributed by atoms with E-state index in [9.17, 15) is 37.7 Å². The number of halogens is 4. The summed E-state index contributed by atoms with van der Waals surface area (Å²) in [4.78, 5) is 29.9. The quantitative estimate of drug-likeness (QED) is 0.0623. The molecule has 2 aliphatic carbocycles. The van der Waals surface area contributed by atoms with E-state index in [1.54, 1.807) is 0 Å². The van der Waals surface area contributed by atoms with Crippen molar-refractivity contribution in [2.24, 2.45) is 10.8 Å². The van der Waals surface area contributed by atoms with Gasteiger partial charge in [-0.1, -0.05) is 27.7 Å². The highest BCUT2D eigenvalue weighted by Crippen LogP contribution is 2.48. The molecule has 0 aromatic rings. The van der Waals surface area contributed by atoms with Gasteiger partial charge < -0.3 is 19.3 Å². The van der Waals surface area contributed by atoms with E-state index in [0.717, 1.165) is 25.7 Å². The Morgan fingerprint density at radius 1 is 0.640 bits per heavy atom. The fraction of sp³-hybridized carbons (Fsp3) is 0.684. The molecule has 0 bridgehead atoms. The molecule has 0 saturated carbocycles. The van der Waals surface area contributed by atoms with Crippen molar-refractivity contribution in [3.63, 3.8) is 0 Å². The second-order valence-electron chi connectivity index (χ2n) is 15.4. The molecule has 12 heteroatoms. The van der Waals surface area contributed by atoms with Crippen LogP contribution in [0.1, 0.15) is 105 Å². The Morgan fingerprint density at radius 2 is 0.980 bits per heavy atom. The van der Waals surface area contributed by atoms with Crippen molar-refractivity contribution in [2.45, 2.75) is 118 Å². The van der Waals surface area contributed by atoms with Crippen LogP contribution in [0.4, 0.5) is 17.6 Å². The van der Waals surface area contributed by atoms with Crippen LogP contribution in [0.25, 0.3) is 0 Å². The number of nitriles is 2. The molecule has 0 amide bonds. The third-order valence-corrected chi connectivity index (χ3v) is 10.0. The number of esters is 2. The van der Waals surface area contributed by atoms with Gasteiger partial charge in [-0.2, -0.15) is 10.5 Å². The van der Waals surface area contributed by atoms with Crippen molar-refractivity contribution >= 4 is 11.9 Å². The molecule has 8 nitrogen and oxygen atoms in total. The van der Waals surface area contributed by atoms with Crippen LogP contribution < -0.4 is 0 Å². The van der Waals surface area contributed by atoms with Crippen LogP contribution in [0.2, 0.25) is 0 Å². The van der Waals surface area contributed by atoms with Crippen molar-refractivity contribution in [1.82, 2.24) is 9.80 Å². The molecular weight excluding hydrogens is 652 g/mol. The first kappa shape index (κ1) is 39.0. The second-order valence-corrected chi connectivity index (χ2v) is 15.4. The highest BCUT2D eigenvalue weighted by molar-refractivity contribution is 5.95. The van der Waals surface area contributed by atoms with Crippen LogP contribution in [0.15, 0.2) is 44.8 Å². The lowest BCUT2D eigenvalue weighted by atomic mass is 9.72. The molecule has 2 heterocycles. The van der Waals surface area contributed by atoms with Gasteiger partial charge in [0.15, 0.2) is 0 Å². The number of likely N-dealkylation sites (tertiary alicyclic amines) is 2. The Morgan fingerprint density at radius 3 is 1.28 bits per heavy atom. The van der Waals surface area contributed by atoms with Crippen LogP contribution >= 0.6 is 0 Å². The summed E-state index contributed by atoms with van der Waals surface area (Å²) in [5.74, 6) is -1.83. The van der Waals surface area contributed by atoms with Crippen molar-refractivity contribution in [2.75, 3.05) is 39.4 Å². The first-order valence-corrected chi connectivity index (χ1v) is 17.8. The van der Waals surface area contributed by atoms with Gasteiger partial charge in [0.1, 0.15) is 23.3 Å². The first-order valence-electron chi connectivity index (χ1n) is 17.8. The van der Waals surface area contributed by atoms with Crippen LogP contribution in [0.3, 0.4) is 0 Å². The van der Waals surface area contributed by atoms with Crippen LogP contribution in [-0.4, -0.2) is 74.0 Å². The van der Waals surface area contributed by atoms with Gasteiger partial charge in [0.25, 0.3) is 12.9 Å². The molecule has 0 unspecified atom stereocenters. The summed E-state index contributed by atoms with van der Waals surface area (Å²) >= 11 is 0. The Labute approximate surface area is 293 Å². The average molecular weight is 703 g/mol. The zero-order valence-electron chi connectivity index (χ0n) is 29.8. The van der Waals surface area contributed by atoms with Gasteiger partial charge in [-0.05, 0) is 99.0 Å². The van der Waals surface area contributed by atoms with Gasteiger partial charge in [0.05, 0.1) is 13.2 Å². The topological polar surface area (TPSA) is 107 Å². The third-order valence-electron chi connectivity index (χ3n) is 10.0. The summed E-state index contributed by atoms with van der Waals surface area (Å²) in [6, 6.07) is 3.70. The lowest BCUT2D eigenvalue weighted by Gasteiger charge is -2.39. The van der Waals surface area contributed by atoms with Gasteiger partial charge in [-0.25, -0.2) is 27.2 Å². The largest absolute Gasteiger partial charge is 0.462 e. The zero-order valence-corrected chi connectivity index (χ0v) is 29.8. The standard InChI is InChI=1S/C38H50F4N4O4/c1-37(2)19-25(31(33(39)40)29(21-37)45-13-7-8-14-45)27(23-43)35(47)49-17-11-5-6-12-18-50-36(48)28(24-44)26-20-38(3,4)22-30(32(26)34(41)42)46-15-9-10-16-46/h33-34H,5-22H2,1-4H3/b27-25+,28-26+. The molecule has 0 spiro atoms. The molecule has 0 aromatic heterocycles. The van der Waals surface area contributed by atoms with E-state index < -0.39 is 35.6 Å². The Balaban J connectivity index is 1.31. The Bertz CT molecular complexity index is 1390. The van der Waals surface area contributed by atoms with Crippen molar-refractivity contribution in [3.05, 3.63) is 44.8 Å². The summed E-state index contributed by atoms with van der Waals surface area (Å²) in [6.07, 6.45) is 1.23. The van der Waals surface area contributed by atoms with E-state index in [4.69, 9.17) is 9.47 Å². The molecule has 0 N–H and O–H groups in total. The number of unbranched alkanes of at least 4 members (excludes halogenated alkanes) is 3. The molecule has 2 saturated heterocycles. The monoisotopic (exact) mass is 702 g/mol.